The molecule has 0 bridgehead atoms. The minimum atomic E-state index is -0.729. The minimum Gasteiger partial charge on any atom is -0.392 e. The number of hydrogen-bond acceptors (Lipinski definition) is 4. The van der Waals surface area contributed by atoms with Gasteiger partial charge in [0, 0.05) is 48.3 Å². The normalized spacial score (nSPS) is 14.0. The number of carbonyl (C=O) groups is 1. The summed E-state index contributed by atoms with van der Waals surface area (Å²) in [6.45, 7) is 1.38. The summed E-state index contributed by atoms with van der Waals surface area (Å²) in [6.07, 6.45) is 1.89. The van der Waals surface area contributed by atoms with Gasteiger partial charge in [0.05, 0.1) is 12.3 Å². The van der Waals surface area contributed by atoms with E-state index in [0.29, 0.717) is 48.6 Å². The van der Waals surface area contributed by atoms with Crippen LogP contribution in [0.1, 0.15) is 15.9 Å². The Morgan fingerprint density at radius 3 is 2.27 bits per heavy atom. The zero-order valence-electron chi connectivity index (χ0n) is 18.0. The van der Waals surface area contributed by atoms with Crippen LogP contribution in [0.25, 0.3) is 11.1 Å². The van der Waals surface area contributed by atoms with Crippen LogP contribution in [0.5, 0.6) is 0 Å². The van der Waals surface area contributed by atoms with Crippen LogP contribution in [0.2, 0.25) is 0 Å². The van der Waals surface area contributed by atoms with Crippen molar-refractivity contribution in [3.05, 3.63) is 83.2 Å². The van der Waals surface area contributed by atoms with Gasteiger partial charge in [-0.25, -0.2) is 13.2 Å². The van der Waals surface area contributed by atoms with E-state index in [4.69, 9.17) is 0 Å². The van der Waals surface area contributed by atoms with Crippen molar-refractivity contribution in [1.82, 2.24) is 4.90 Å². The number of aliphatic hydroxyl groups is 1. The number of amides is 1. The Labute approximate surface area is 194 Å². The summed E-state index contributed by atoms with van der Waals surface area (Å²) in [5.41, 5.74) is 1.84. The molecule has 1 aliphatic rings. The quantitative estimate of drug-likeness (QED) is 0.534. The van der Waals surface area contributed by atoms with Gasteiger partial charge in [0.25, 0.3) is 5.91 Å². The number of anilines is 1. The van der Waals surface area contributed by atoms with E-state index in [-0.39, 0.29) is 18.1 Å². The van der Waals surface area contributed by atoms with Crippen LogP contribution < -0.4 is 4.90 Å². The van der Waals surface area contributed by atoms with Gasteiger partial charge in [0.15, 0.2) is 0 Å². The maximum atomic E-state index is 14.5. The largest absolute Gasteiger partial charge is 0.392 e. The van der Waals surface area contributed by atoms with Crippen molar-refractivity contribution in [2.24, 2.45) is 0 Å². The molecule has 4 nitrogen and oxygen atoms in total. The summed E-state index contributed by atoms with van der Waals surface area (Å²) in [5.74, 6) is -2.07. The van der Waals surface area contributed by atoms with E-state index in [9.17, 15) is 23.1 Å². The molecule has 1 fully saturated rings. The molecule has 33 heavy (non-hydrogen) atoms. The first-order valence-corrected chi connectivity index (χ1v) is 11.7. The van der Waals surface area contributed by atoms with Gasteiger partial charge in [-0.3, -0.25) is 4.79 Å². The Bertz CT molecular complexity index is 1180. The third kappa shape index (κ3) is 4.86. The third-order valence-corrected chi connectivity index (χ3v) is 6.51. The lowest BCUT2D eigenvalue weighted by Crippen LogP contribution is -2.49. The Morgan fingerprint density at radius 2 is 1.64 bits per heavy atom. The molecule has 1 heterocycles. The fourth-order valence-electron chi connectivity index (χ4n) is 4.00. The molecule has 1 amide bonds. The number of thioether (sulfide) groups is 1. The summed E-state index contributed by atoms with van der Waals surface area (Å²) < 4.78 is 42.4. The number of rotatable bonds is 5. The molecule has 1 saturated heterocycles. The standard InChI is InChI=1S/C25H23F3N2O2S/c1-33-18-4-6-19(20-5-3-17(26)13-22(20)27)21(14-18)25(32)30-10-8-29(9-11-30)24-7-2-16(15-31)12-23(24)28/h2-7,12-14,31H,8-11,15H2,1H3. The van der Waals surface area contributed by atoms with Crippen LogP contribution in [0, 0.1) is 17.5 Å². The second-order valence-electron chi connectivity index (χ2n) is 7.76. The van der Waals surface area contributed by atoms with E-state index in [1.165, 1.54) is 30.0 Å². The molecule has 0 radical (unpaired) electrons. The monoisotopic (exact) mass is 472 g/mol. The average Bonchev–Trinajstić information content (AvgIpc) is 2.83. The minimum absolute atomic E-state index is 0.164. The molecule has 1 N–H and O–H groups in total. The van der Waals surface area contributed by atoms with E-state index in [2.05, 4.69) is 0 Å². The van der Waals surface area contributed by atoms with E-state index in [1.807, 2.05) is 11.2 Å². The fraction of sp³-hybridized carbons (Fsp3) is 0.240. The second-order valence-corrected chi connectivity index (χ2v) is 8.64. The van der Waals surface area contributed by atoms with Crippen molar-refractivity contribution in [2.75, 3.05) is 37.3 Å². The first-order chi connectivity index (χ1) is 15.9. The molecular formula is C25H23F3N2O2S. The third-order valence-electron chi connectivity index (χ3n) is 5.78. The van der Waals surface area contributed by atoms with Crippen molar-refractivity contribution in [3.63, 3.8) is 0 Å². The van der Waals surface area contributed by atoms with Gasteiger partial charge < -0.3 is 14.9 Å². The van der Waals surface area contributed by atoms with Gasteiger partial charge in [0.2, 0.25) is 0 Å². The molecule has 0 spiro atoms. The highest BCUT2D eigenvalue weighted by Gasteiger charge is 2.26. The number of hydrogen-bond donors (Lipinski definition) is 1. The number of aliphatic hydroxyl groups excluding tert-OH is 1. The van der Waals surface area contributed by atoms with Crippen molar-refractivity contribution in [2.45, 2.75) is 11.5 Å². The summed E-state index contributed by atoms with van der Waals surface area (Å²) in [4.78, 5) is 17.8. The molecule has 0 aliphatic carbocycles. The lowest BCUT2D eigenvalue weighted by molar-refractivity contribution is 0.0747. The van der Waals surface area contributed by atoms with Crippen LogP contribution in [-0.2, 0) is 6.61 Å². The van der Waals surface area contributed by atoms with Gasteiger partial charge in [-0.2, -0.15) is 0 Å². The van der Waals surface area contributed by atoms with Crippen molar-refractivity contribution in [1.29, 1.82) is 0 Å². The topological polar surface area (TPSA) is 43.8 Å². The van der Waals surface area contributed by atoms with Crippen LogP contribution in [0.3, 0.4) is 0 Å². The second kappa shape index (κ2) is 9.89. The predicted molar refractivity (Wildman–Crippen MR) is 124 cm³/mol. The number of piperazine rings is 1. The van der Waals surface area contributed by atoms with Crippen LogP contribution >= 0.6 is 11.8 Å². The molecule has 0 atom stereocenters. The summed E-state index contributed by atoms with van der Waals surface area (Å²) in [7, 11) is 0. The molecule has 3 aromatic carbocycles. The highest BCUT2D eigenvalue weighted by atomic mass is 32.2. The molecule has 8 heteroatoms. The van der Waals surface area contributed by atoms with E-state index < -0.39 is 17.5 Å². The van der Waals surface area contributed by atoms with E-state index in [1.54, 1.807) is 35.2 Å². The van der Waals surface area contributed by atoms with Gasteiger partial charge >= 0.3 is 0 Å². The molecule has 0 saturated carbocycles. The Hall–Kier alpha value is -2.97. The number of nitrogens with zero attached hydrogens (tertiary/aromatic N) is 2. The van der Waals surface area contributed by atoms with Crippen LogP contribution in [-0.4, -0.2) is 48.3 Å². The smallest absolute Gasteiger partial charge is 0.254 e. The molecular weight excluding hydrogens is 449 g/mol. The van der Waals surface area contributed by atoms with Gasteiger partial charge in [-0.1, -0.05) is 12.1 Å². The van der Waals surface area contributed by atoms with Gasteiger partial charge in [-0.05, 0) is 53.8 Å². The maximum Gasteiger partial charge on any atom is 0.254 e. The van der Waals surface area contributed by atoms with Gasteiger partial charge in [-0.15, -0.1) is 11.8 Å². The summed E-state index contributed by atoms with van der Waals surface area (Å²) in [5, 5.41) is 9.17. The molecule has 0 unspecified atom stereocenters. The Kier molecular flexibility index (Phi) is 6.95. The van der Waals surface area contributed by atoms with Crippen molar-refractivity contribution in [3.8, 4) is 11.1 Å². The maximum absolute atomic E-state index is 14.5. The molecule has 3 aromatic rings. The fourth-order valence-corrected chi connectivity index (χ4v) is 4.44. The Balaban J connectivity index is 1.57. The zero-order chi connectivity index (χ0) is 23.5. The summed E-state index contributed by atoms with van der Waals surface area (Å²) in [6, 6.07) is 13.1. The molecule has 172 valence electrons. The SMILES string of the molecule is CSc1ccc(-c2ccc(F)cc2F)c(C(=O)N2CCN(c3ccc(CO)cc3F)CC2)c1. The molecule has 4 rings (SSSR count). The molecule has 1 aliphatic heterocycles. The average molecular weight is 473 g/mol. The number of carbonyl (C=O) groups excluding carboxylic acids is 1. The summed E-state index contributed by atoms with van der Waals surface area (Å²) >= 11 is 1.47. The highest BCUT2D eigenvalue weighted by Crippen LogP contribution is 2.31. The predicted octanol–water partition coefficient (Wildman–Crippen LogP) is 4.95. The highest BCUT2D eigenvalue weighted by molar-refractivity contribution is 7.98. The van der Waals surface area contributed by atoms with Crippen molar-refractivity contribution >= 4 is 23.4 Å². The Morgan fingerprint density at radius 1 is 0.909 bits per heavy atom. The van der Waals surface area contributed by atoms with Crippen LogP contribution in [0.15, 0.2) is 59.5 Å². The van der Waals surface area contributed by atoms with Gasteiger partial charge in [0.1, 0.15) is 17.5 Å². The first-order valence-electron chi connectivity index (χ1n) is 10.5. The van der Waals surface area contributed by atoms with Crippen molar-refractivity contribution < 1.29 is 23.1 Å². The van der Waals surface area contributed by atoms with Crippen LogP contribution in [0.4, 0.5) is 18.9 Å². The zero-order valence-corrected chi connectivity index (χ0v) is 18.8. The number of benzene rings is 3. The first kappa shape index (κ1) is 23.2. The lowest BCUT2D eigenvalue weighted by atomic mass is 9.98. The van der Waals surface area contributed by atoms with E-state index in [0.717, 1.165) is 11.0 Å². The molecule has 0 aromatic heterocycles. The lowest BCUT2D eigenvalue weighted by Gasteiger charge is -2.36. The van der Waals surface area contributed by atoms with E-state index >= 15 is 0 Å². The number of halogens is 3.